The molecule has 0 aliphatic heterocycles. The van der Waals surface area contributed by atoms with Crippen molar-refractivity contribution in [2.45, 2.75) is 65.0 Å². The topological polar surface area (TPSA) is 23.5 Å². The molecule has 1 rings (SSSR count). The maximum Gasteiger partial charge on any atom is 0.0768 e. The number of hydrogen-bond acceptors (Lipinski definition) is 2. The van der Waals surface area contributed by atoms with Gasteiger partial charge in [0.2, 0.25) is 0 Å². The Balaban J connectivity index is 2.43. The molecule has 1 aliphatic carbocycles. The van der Waals surface area contributed by atoms with E-state index in [4.69, 9.17) is 0 Å². The van der Waals surface area contributed by atoms with Gasteiger partial charge in [0.05, 0.1) is 5.60 Å². The van der Waals surface area contributed by atoms with Gasteiger partial charge >= 0.3 is 0 Å². The van der Waals surface area contributed by atoms with Gasteiger partial charge in [-0.05, 0) is 51.5 Å². The smallest absolute Gasteiger partial charge is 0.0768 e. The van der Waals surface area contributed by atoms with E-state index >= 15 is 0 Å². The minimum absolute atomic E-state index is 0.317. The summed E-state index contributed by atoms with van der Waals surface area (Å²) >= 11 is 0. The monoisotopic (exact) mass is 227 g/mol. The number of aliphatic hydroxyl groups is 1. The maximum absolute atomic E-state index is 10.3. The molecule has 1 atom stereocenters. The lowest BCUT2D eigenvalue weighted by Crippen LogP contribution is -2.47. The number of hydrogen-bond donors (Lipinski definition) is 1. The zero-order valence-electron chi connectivity index (χ0n) is 11.7. The molecule has 0 amide bonds. The summed E-state index contributed by atoms with van der Waals surface area (Å²) in [7, 11) is 2.16. The third-order valence-corrected chi connectivity index (χ3v) is 4.42. The average Bonchev–Trinajstić information content (AvgIpc) is 2.17. The molecular formula is C14H29NO. The Kier molecular flexibility index (Phi) is 4.81. The molecule has 1 N–H and O–H groups in total. The molecule has 1 fully saturated rings. The second-order valence-corrected chi connectivity index (χ2v) is 6.34. The molecule has 1 saturated carbocycles. The average molecular weight is 227 g/mol. The molecule has 0 radical (unpaired) electrons. The summed E-state index contributed by atoms with van der Waals surface area (Å²) in [6, 6.07) is 0.682. The fourth-order valence-corrected chi connectivity index (χ4v) is 2.50. The summed E-state index contributed by atoms with van der Waals surface area (Å²) in [5.74, 6) is 1.22. The van der Waals surface area contributed by atoms with Crippen molar-refractivity contribution in [1.29, 1.82) is 0 Å². The van der Waals surface area contributed by atoms with Crippen molar-refractivity contribution in [2.75, 3.05) is 13.6 Å². The van der Waals surface area contributed by atoms with Crippen LogP contribution in [-0.4, -0.2) is 35.2 Å². The van der Waals surface area contributed by atoms with Crippen molar-refractivity contribution in [3.63, 3.8) is 0 Å². The molecular weight excluding hydrogens is 198 g/mol. The minimum atomic E-state index is -0.558. The first-order chi connectivity index (χ1) is 7.33. The molecule has 2 nitrogen and oxygen atoms in total. The van der Waals surface area contributed by atoms with Gasteiger partial charge in [0.1, 0.15) is 0 Å². The van der Waals surface area contributed by atoms with Crippen molar-refractivity contribution in [1.82, 2.24) is 4.90 Å². The molecule has 96 valence electrons. The Labute approximate surface area is 101 Å². The zero-order valence-corrected chi connectivity index (χ0v) is 11.7. The second kappa shape index (κ2) is 5.50. The quantitative estimate of drug-likeness (QED) is 0.798. The summed E-state index contributed by atoms with van der Waals surface area (Å²) in [5.41, 5.74) is -0.558. The van der Waals surface area contributed by atoms with Gasteiger partial charge in [0.25, 0.3) is 0 Å². The maximum atomic E-state index is 10.3. The van der Waals surface area contributed by atoms with E-state index in [-0.39, 0.29) is 0 Å². The summed E-state index contributed by atoms with van der Waals surface area (Å²) < 4.78 is 0. The van der Waals surface area contributed by atoms with E-state index < -0.39 is 5.60 Å². The first-order valence-corrected chi connectivity index (χ1v) is 6.75. The highest BCUT2D eigenvalue weighted by Crippen LogP contribution is 2.28. The first kappa shape index (κ1) is 14.0. The van der Waals surface area contributed by atoms with E-state index in [1.54, 1.807) is 0 Å². The SMILES string of the molecule is CC1CCC(N(C)CC(C)(O)C(C)C)CC1. The molecule has 16 heavy (non-hydrogen) atoms. The molecule has 0 aromatic rings. The van der Waals surface area contributed by atoms with Crippen LogP contribution in [0.25, 0.3) is 0 Å². The lowest BCUT2D eigenvalue weighted by Gasteiger charge is -2.39. The van der Waals surface area contributed by atoms with E-state index in [1.165, 1.54) is 25.7 Å². The summed E-state index contributed by atoms with van der Waals surface area (Å²) in [6.07, 6.45) is 5.29. The highest BCUT2D eigenvalue weighted by atomic mass is 16.3. The van der Waals surface area contributed by atoms with Crippen LogP contribution < -0.4 is 0 Å². The lowest BCUT2D eigenvalue weighted by atomic mass is 9.85. The predicted molar refractivity (Wildman–Crippen MR) is 69.5 cm³/mol. The van der Waals surface area contributed by atoms with Crippen LogP contribution >= 0.6 is 0 Å². The molecule has 0 aromatic carbocycles. The predicted octanol–water partition coefficient (Wildman–Crippen LogP) is 2.90. The summed E-state index contributed by atoms with van der Waals surface area (Å²) in [6.45, 7) is 9.29. The summed E-state index contributed by atoms with van der Waals surface area (Å²) in [5, 5.41) is 10.3. The van der Waals surface area contributed by atoms with Gasteiger partial charge in [-0.1, -0.05) is 20.8 Å². The van der Waals surface area contributed by atoms with Gasteiger partial charge < -0.3 is 10.0 Å². The first-order valence-electron chi connectivity index (χ1n) is 6.75. The van der Waals surface area contributed by atoms with Crippen LogP contribution in [0.2, 0.25) is 0 Å². The van der Waals surface area contributed by atoms with Crippen LogP contribution in [0.15, 0.2) is 0 Å². The molecule has 0 bridgehead atoms. The van der Waals surface area contributed by atoms with Crippen LogP contribution in [0.5, 0.6) is 0 Å². The Morgan fingerprint density at radius 3 is 2.19 bits per heavy atom. The van der Waals surface area contributed by atoms with Gasteiger partial charge in [-0.25, -0.2) is 0 Å². The van der Waals surface area contributed by atoms with Crippen LogP contribution in [-0.2, 0) is 0 Å². The zero-order chi connectivity index (χ0) is 12.3. The highest BCUT2D eigenvalue weighted by molar-refractivity contribution is 4.84. The van der Waals surface area contributed by atoms with E-state index in [2.05, 4.69) is 32.7 Å². The number of likely N-dealkylation sites (N-methyl/N-ethyl adjacent to an activating group) is 1. The molecule has 1 unspecified atom stereocenters. The van der Waals surface area contributed by atoms with Gasteiger partial charge in [-0.3, -0.25) is 0 Å². The minimum Gasteiger partial charge on any atom is -0.389 e. The molecule has 0 heterocycles. The van der Waals surface area contributed by atoms with Gasteiger partial charge in [-0.2, -0.15) is 0 Å². The summed E-state index contributed by atoms with van der Waals surface area (Å²) in [4.78, 5) is 2.37. The van der Waals surface area contributed by atoms with Crippen LogP contribution in [0.4, 0.5) is 0 Å². The second-order valence-electron chi connectivity index (χ2n) is 6.34. The van der Waals surface area contributed by atoms with Crippen LogP contribution in [0.1, 0.15) is 53.4 Å². The molecule has 0 aromatic heterocycles. The Morgan fingerprint density at radius 1 is 1.25 bits per heavy atom. The number of nitrogens with zero attached hydrogens (tertiary/aromatic N) is 1. The van der Waals surface area contributed by atoms with Crippen molar-refractivity contribution in [3.05, 3.63) is 0 Å². The van der Waals surface area contributed by atoms with Crippen LogP contribution in [0, 0.1) is 11.8 Å². The third kappa shape index (κ3) is 3.74. The number of rotatable bonds is 4. The normalized spacial score (nSPS) is 30.8. The van der Waals surface area contributed by atoms with Crippen molar-refractivity contribution < 1.29 is 5.11 Å². The van der Waals surface area contributed by atoms with Crippen molar-refractivity contribution in [3.8, 4) is 0 Å². The van der Waals surface area contributed by atoms with Gasteiger partial charge in [0.15, 0.2) is 0 Å². The van der Waals surface area contributed by atoms with Crippen molar-refractivity contribution in [2.24, 2.45) is 11.8 Å². The van der Waals surface area contributed by atoms with Gasteiger partial charge in [0, 0.05) is 12.6 Å². The molecule has 1 aliphatic rings. The fourth-order valence-electron chi connectivity index (χ4n) is 2.50. The van der Waals surface area contributed by atoms with E-state index in [9.17, 15) is 5.11 Å². The highest BCUT2D eigenvalue weighted by Gasteiger charge is 2.30. The molecule has 0 saturated heterocycles. The molecule has 0 spiro atoms. The largest absolute Gasteiger partial charge is 0.389 e. The van der Waals surface area contributed by atoms with Gasteiger partial charge in [-0.15, -0.1) is 0 Å². The van der Waals surface area contributed by atoms with E-state index in [0.29, 0.717) is 12.0 Å². The Morgan fingerprint density at radius 2 is 1.75 bits per heavy atom. The van der Waals surface area contributed by atoms with Crippen molar-refractivity contribution >= 4 is 0 Å². The fraction of sp³-hybridized carbons (Fsp3) is 1.00. The van der Waals surface area contributed by atoms with Crippen LogP contribution in [0.3, 0.4) is 0 Å². The third-order valence-electron chi connectivity index (χ3n) is 4.42. The van der Waals surface area contributed by atoms with E-state index in [0.717, 1.165) is 12.5 Å². The Bertz CT molecular complexity index is 205. The molecule has 2 heteroatoms. The lowest BCUT2D eigenvalue weighted by molar-refractivity contribution is -0.0265. The van der Waals surface area contributed by atoms with E-state index in [1.807, 2.05) is 6.92 Å². The Hall–Kier alpha value is -0.0800. The standard InChI is InChI=1S/C14H29NO/c1-11(2)14(4,16)10-15(5)13-8-6-12(3)7-9-13/h11-13,16H,6-10H2,1-5H3.